The number of benzene rings is 2. The highest BCUT2D eigenvalue weighted by Gasteiger charge is 2.27. The lowest BCUT2D eigenvalue weighted by Crippen LogP contribution is -2.43. The van der Waals surface area contributed by atoms with Crippen molar-refractivity contribution in [2.24, 2.45) is 0 Å². The molecule has 0 saturated heterocycles. The Bertz CT molecular complexity index is 893. The molecule has 1 N–H and O–H groups in total. The zero-order chi connectivity index (χ0) is 21.4. The Kier molecular flexibility index (Phi) is 8.08. The predicted octanol–water partition coefficient (Wildman–Crippen LogP) is 3.89. The summed E-state index contributed by atoms with van der Waals surface area (Å²) < 4.78 is 33.2. The van der Waals surface area contributed by atoms with Gasteiger partial charge in [0.1, 0.15) is 12.3 Å². The summed E-state index contributed by atoms with van der Waals surface area (Å²) in [4.78, 5) is 12.7. The van der Waals surface area contributed by atoms with E-state index >= 15 is 0 Å². The molecule has 1 atom stereocenters. The largest absolute Gasteiger partial charge is 0.494 e. The summed E-state index contributed by atoms with van der Waals surface area (Å²) in [5, 5.41) is 2.88. The fraction of sp³-hybridized carbons (Fsp3) is 0.409. The van der Waals surface area contributed by atoms with Crippen LogP contribution in [0.15, 0.2) is 53.4 Å². The Labute approximate surface area is 173 Å². The molecule has 0 spiro atoms. The molecule has 6 nitrogen and oxygen atoms in total. The van der Waals surface area contributed by atoms with Crippen LogP contribution in [0.1, 0.15) is 39.2 Å². The third-order valence-corrected chi connectivity index (χ3v) is 6.25. The van der Waals surface area contributed by atoms with Crippen molar-refractivity contribution in [3.63, 3.8) is 0 Å². The SMILES string of the molecule is CCC[C@H](C)NC(=O)CN(c1ccc(OCC)cc1)S(=O)(=O)c1ccc(C)cc1. The van der Waals surface area contributed by atoms with Crippen LogP contribution in [0.4, 0.5) is 5.69 Å². The molecule has 0 fully saturated rings. The molecule has 0 aliphatic carbocycles. The number of carbonyl (C=O) groups excluding carboxylic acids is 1. The Morgan fingerprint density at radius 3 is 2.24 bits per heavy atom. The Morgan fingerprint density at radius 1 is 1.07 bits per heavy atom. The van der Waals surface area contributed by atoms with Crippen LogP contribution in [0.25, 0.3) is 0 Å². The first kappa shape index (κ1) is 22.7. The minimum absolute atomic E-state index is 0.0169. The third kappa shape index (κ3) is 6.22. The number of hydrogen-bond donors (Lipinski definition) is 1. The van der Waals surface area contributed by atoms with Gasteiger partial charge in [-0.1, -0.05) is 31.0 Å². The molecule has 158 valence electrons. The van der Waals surface area contributed by atoms with E-state index in [4.69, 9.17) is 4.74 Å². The molecule has 2 aromatic rings. The number of aryl methyl sites for hydroxylation is 1. The molecule has 0 saturated carbocycles. The molecule has 0 aromatic heterocycles. The van der Waals surface area contributed by atoms with E-state index in [9.17, 15) is 13.2 Å². The maximum atomic E-state index is 13.3. The van der Waals surface area contributed by atoms with Crippen LogP contribution in [0.3, 0.4) is 0 Å². The summed E-state index contributed by atoms with van der Waals surface area (Å²) in [6.45, 7) is 7.95. The fourth-order valence-electron chi connectivity index (χ4n) is 2.98. The van der Waals surface area contributed by atoms with Crippen LogP contribution >= 0.6 is 0 Å². The second-order valence-corrected chi connectivity index (χ2v) is 8.87. The van der Waals surface area contributed by atoms with Crippen molar-refractivity contribution < 1.29 is 17.9 Å². The Morgan fingerprint density at radius 2 is 1.69 bits per heavy atom. The van der Waals surface area contributed by atoms with Crippen molar-refractivity contribution in [2.75, 3.05) is 17.5 Å². The number of anilines is 1. The first-order valence-electron chi connectivity index (χ1n) is 9.89. The van der Waals surface area contributed by atoms with Gasteiger partial charge in [-0.3, -0.25) is 9.10 Å². The number of nitrogens with one attached hydrogen (secondary N) is 1. The summed E-state index contributed by atoms with van der Waals surface area (Å²) in [7, 11) is -3.91. The highest BCUT2D eigenvalue weighted by Crippen LogP contribution is 2.26. The second-order valence-electron chi connectivity index (χ2n) is 7.01. The van der Waals surface area contributed by atoms with Crippen molar-refractivity contribution in [2.45, 2.75) is 51.5 Å². The first-order chi connectivity index (χ1) is 13.8. The van der Waals surface area contributed by atoms with Crippen molar-refractivity contribution in [1.29, 1.82) is 0 Å². The van der Waals surface area contributed by atoms with Gasteiger partial charge in [-0.05, 0) is 63.6 Å². The molecule has 0 radical (unpaired) electrons. The Balaban J connectivity index is 2.36. The van der Waals surface area contributed by atoms with E-state index in [1.807, 2.05) is 27.7 Å². The van der Waals surface area contributed by atoms with Gasteiger partial charge in [0, 0.05) is 6.04 Å². The van der Waals surface area contributed by atoms with Crippen LogP contribution in [-0.4, -0.2) is 33.5 Å². The van der Waals surface area contributed by atoms with Crippen LogP contribution < -0.4 is 14.4 Å². The van der Waals surface area contributed by atoms with Crippen molar-refractivity contribution in [3.8, 4) is 5.75 Å². The van der Waals surface area contributed by atoms with Gasteiger partial charge >= 0.3 is 0 Å². The number of ether oxygens (including phenoxy) is 1. The number of sulfonamides is 1. The van der Waals surface area contributed by atoms with Crippen LogP contribution in [-0.2, 0) is 14.8 Å². The highest BCUT2D eigenvalue weighted by atomic mass is 32.2. The van der Waals surface area contributed by atoms with Gasteiger partial charge in [-0.2, -0.15) is 0 Å². The zero-order valence-electron chi connectivity index (χ0n) is 17.5. The van der Waals surface area contributed by atoms with Gasteiger partial charge in [0.05, 0.1) is 17.2 Å². The predicted molar refractivity (Wildman–Crippen MR) is 116 cm³/mol. The lowest BCUT2D eigenvalue weighted by atomic mass is 10.2. The average Bonchev–Trinajstić information content (AvgIpc) is 2.67. The summed E-state index contributed by atoms with van der Waals surface area (Å²) in [6, 6.07) is 13.3. The number of hydrogen-bond acceptors (Lipinski definition) is 4. The summed E-state index contributed by atoms with van der Waals surface area (Å²) in [6.07, 6.45) is 1.77. The Hall–Kier alpha value is -2.54. The van der Waals surface area contributed by atoms with Crippen LogP contribution in [0.5, 0.6) is 5.75 Å². The van der Waals surface area contributed by atoms with Crippen molar-refractivity contribution in [1.82, 2.24) is 5.32 Å². The molecular formula is C22H30N2O4S. The maximum absolute atomic E-state index is 13.3. The monoisotopic (exact) mass is 418 g/mol. The van der Waals surface area contributed by atoms with Crippen LogP contribution in [0, 0.1) is 6.92 Å². The number of rotatable bonds is 10. The minimum atomic E-state index is -3.91. The summed E-state index contributed by atoms with van der Waals surface area (Å²) in [5.41, 5.74) is 1.37. The second kappa shape index (κ2) is 10.3. The van der Waals surface area contributed by atoms with Gasteiger partial charge in [0.2, 0.25) is 5.91 Å². The summed E-state index contributed by atoms with van der Waals surface area (Å²) in [5.74, 6) is 0.306. The number of carbonyl (C=O) groups is 1. The van der Waals surface area contributed by atoms with E-state index < -0.39 is 10.0 Å². The molecule has 2 aromatic carbocycles. The maximum Gasteiger partial charge on any atom is 0.264 e. The van der Waals surface area contributed by atoms with Gasteiger partial charge in [0.15, 0.2) is 0 Å². The summed E-state index contributed by atoms with van der Waals surface area (Å²) >= 11 is 0. The normalized spacial score (nSPS) is 12.3. The van der Waals surface area contributed by atoms with Crippen molar-refractivity contribution >= 4 is 21.6 Å². The quantitative estimate of drug-likeness (QED) is 0.635. The minimum Gasteiger partial charge on any atom is -0.494 e. The standard InChI is InChI=1S/C22H30N2O4S/c1-5-7-18(4)23-22(25)16-24(19-10-12-20(13-11-19)28-6-2)29(26,27)21-14-8-17(3)9-15-21/h8-15,18H,5-7,16H2,1-4H3,(H,23,25)/t18-/m0/s1. The molecule has 0 unspecified atom stereocenters. The van der Waals surface area contributed by atoms with Crippen LogP contribution in [0.2, 0.25) is 0 Å². The molecule has 29 heavy (non-hydrogen) atoms. The molecule has 0 aliphatic heterocycles. The smallest absolute Gasteiger partial charge is 0.264 e. The van der Waals surface area contributed by atoms with E-state index in [2.05, 4.69) is 5.32 Å². The molecule has 1 amide bonds. The van der Waals surface area contributed by atoms with Gasteiger partial charge < -0.3 is 10.1 Å². The molecule has 0 bridgehead atoms. The molecule has 2 rings (SSSR count). The third-order valence-electron chi connectivity index (χ3n) is 4.46. The highest BCUT2D eigenvalue weighted by molar-refractivity contribution is 7.92. The fourth-order valence-corrected chi connectivity index (χ4v) is 4.40. The van der Waals surface area contributed by atoms with Gasteiger partial charge in [-0.25, -0.2) is 8.42 Å². The molecule has 7 heteroatoms. The van der Waals surface area contributed by atoms with E-state index in [1.165, 1.54) is 0 Å². The van der Waals surface area contributed by atoms with E-state index in [1.54, 1.807) is 48.5 Å². The van der Waals surface area contributed by atoms with Crippen molar-refractivity contribution in [3.05, 3.63) is 54.1 Å². The van der Waals surface area contributed by atoms with Gasteiger partial charge in [-0.15, -0.1) is 0 Å². The lowest BCUT2D eigenvalue weighted by molar-refractivity contribution is -0.120. The molecule has 0 aliphatic rings. The topological polar surface area (TPSA) is 75.7 Å². The molecular weight excluding hydrogens is 388 g/mol. The molecule has 0 heterocycles. The van der Waals surface area contributed by atoms with E-state index in [0.29, 0.717) is 18.0 Å². The number of nitrogens with zero attached hydrogens (tertiary/aromatic N) is 1. The zero-order valence-corrected chi connectivity index (χ0v) is 18.3. The van der Waals surface area contributed by atoms with E-state index in [-0.39, 0.29) is 23.4 Å². The number of amides is 1. The van der Waals surface area contributed by atoms with E-state index in [0.717, 1.165) is 22.7 Å². The lowest BCUT2D eigenvalue weighted by Gasteiger charge is -2.25. The average molecular weight is 419 g/mol. The van der Waals surface area contributed by atoms with Gasteiger partial charge in [0.25, 0.3) is 10.0 Å². The first-order valence-corrected chi connectivity index (χ1v) is 11.3.